The van der Waals surface area contributed by atoms with Crippen LogP contribution in [-0.4, -0.2) is 56.2 Å². The lowest BCUT2D eigenvalue weighted by molar-refractivity contribution is -0.162. The van der Waals surface area contributed by atoms with E-state index in [1.807, 2.05) is 27.7 Å². The van der Waals surface area contributed by atoms with Crippen LogP contribution >= 0.6 is 0 Å². The Kier molecular flexibility index (Phi) is 15.1. The first kappa shape index (κ1) is 34.9. The van der Waals surface area contributed by atoms with Crippen LogP contribution in [0.3, 0.4) is 0 Å². The molecule has 236 valence electrons. The summed E-state index contributed by atoms with van der Waals surface area (Å²) in [6.45, 7) is 9.87. The van der Waals surface area contributed by atoms with Crippen molar-refractivity contribution in [1.29, 1.82) is 0 Å². The van der Waals surface area contributed by atoms with Gasteiger partial charge in [-0.1, -0.05) is 53.0 Å². The molecule has 0 radical (unpaired) electrons. The van der Waals surface area contributed by atoms with Gasteiger partial charge in [-0.15, -0.1) is 0 Å². The molecule has 2 atom stereocenters. The molecule has 0 heterocycles. The van der Waals surface area contributed by atoms with E-state index in [1.54, 1.807) is 13.0 Å². The maximum Gasteiger partial charge on any atom is 0.513 e. The second-order valence-corrected chi connectivity index (χ2v) is 11.6. The van der Waals surface area contributed by atoms with Gasteiger partial charge in [-0.25, -0.2) is 9.59 Å². The molecule has 1 aliphatic carbocycles. The van der Waals surface area contributed by atoms with E-state index in [-0.39, 0.29) is 49.6 Å². The third-order valence-corrected chi connectivity index (χ3v) is 6.70. The molecule has 1 aliphatic rings. The molecule has 2 rings (SSSR count). The molecule has 1 aromatic rings. The van der Waals surface area contributed by atoms with Crippen molar-refractivity contribution in [2.75, 3.05) is 19.8 Å². The SMILES string of the molecule is CC(C)CCOC(=O)Oc1ccc(C[C@H](N)C(=O)OC[C@H](C)OC(=O)C2CCCCC2)cc1OC(=O)OCCC(C)C. The van der Waals surface area contributed by atoms with Gasteiger partial charge in [0.15, 0.2) is 11.5 Å². The summed E-state index contributed by atoms with van der Waals surface area (Å²) >= 11 is 0. The number of carbonyl (C=O) groups excluding carboxylic acids is 4. The Hall–Kier alpha value is -3.34. The molecule has 1 aromatic carbocycles. The summed E-state index contributed by atoms with van der Waals surface area (Å²) in [4.78, 5) is 49.4. The van der Waals surface area contributed by atoms with Crippen molar-refractivity contribution < 1.29 is 47.6 Å². The molecule has 0 spiro atoms. The van der Waals surface area contributed by atoms with Crippen LogP contribution in [0.15, 0.2) is 18.2 Å². The van der Waals surface area contributed by atoms with Crippen molar-refractivity contribution in [3.8, 4) is 11.5 Å². The monoisotopic (exact) mass is 593 g/mol. The van der Waals surface area contributed by atoms with E-state index in [1.165, 1.54) is 12.1 Å². The molecule has 0 aromatic heterocycles. The lowest BCUT2D eigenvalue weighted by Crippen LogP contribution is -2.36. The van der Waals surface area contributed by atoms with Crippen LogP contribution in [0.4, 0.5) is 9.59 Å². The summed E-state index contributed by atoms with van der Waals surface area (Å²) in [5.41, 5.74) is 6.59. The van der Waals surface area contributed by atoms with Crippen molar-refractivity contribution >= 4 is 24.2 Å². The predicted molar refractivity (Wildman–Crippen MR) is 154 cm³/mol. The molecule has 11 heteroatoms. The van der Waals surface area contributed by atoms with Crippen molar-refractivity contribution in [2.24, 2.45) is 23.5 Å². The molecule has 0 bridgehead atoms. The standard InChI is InChI=1S/C31H47NO10/c1-20(2)13-15-37-30(35)41-26-12-11-23(18-27(26)42-31(36)38-16-14-21(3)4)17-25(32)29(34)39-19-22(5)40-28(33)24-9-7-6-8-10-24/h11-12,18,20-22,24-25H,6-10,13-17,19,32H2,1-5H3/t22-,25-/m0/s1. The van der Waals surface area contributed by atoms with Gasteiger partial charge in [0.1, 0.15) is 18.8 Å². The minimum Gasteiger partial charge on any atom is -0.461 e. The van der Waals surface area contributed by atoms with Crippen molar-refractivity contribution in [3.63, 3.8) is 0 Å². The first-order valence-electron chi connectivity index (χ1n) is 14.9. The number of esters is 2. The first-order valence-corrected chi connectivity index (χ1v) is 14.9. The number of nitrogens with two attached hydrogens (primary N) is 1. The van der Waals surface area contributed by atoms with E-state index < -0.39 is 30.4 Å². The second kappa shape index (κ2) is 18.3. The van der Waals surface area contributed by atoms with Crippen molar-refractivity contribution in [1.82, 2.24) is 0 Å². The summed E-state index contributed by atoms with van der Waals surface area (Å²) in [5.74, 6) is -0.521. The summed E-state index contributed by atoms with van der Waals surface area (Å²) in [6, 6.07) is 3.38. The Morgan fingerprint density at radius 1 is 0.810 bits per heavy atom. The van der Waals surface area contributed by atoms with E-state index in [0.717, 1.165) is 32.1 Å². The molecule has 42 heavy (non-hydrogen) atoms. The third-order valence-electron chi connectivity index (χ3n) is 6.70. The Bertz CT molecular complexity index is 1020. The molecular weight excluding hydrogens is 546 g/mol. The summed E-state index contributed by atoms with van der Waals surface area (Å²) < 4.78 is 31.5. The molecule has 0 unspecified atom stereocenters. The summed E-state index contributed by atoms with van der Waals surface area (Å²) in [7, 11) is 0. The van der Waals surface area contributed by atoms with Gasteiger partial charge in [-0.2, -0.15) is 0 Å². The van der Waals surface area contributed by atoms with E-state index in [2.05, 4.69) is 0 Å². The zero-order chi connectivity index (χ0) is 31.1. The molecule has 1 fully saturated rings. The molecule has 11 nitrogen and oxygen atoms in total. The fraction of sp³-hybridized carbons (Fsp3) is 0.677. The lowest BCUT2D eigenvalue weighted by Gasteiger charge is -2.22. The largest absolute Gasteiger partial charge is 0.513 e. The summed E-state index contributed by atoms with van der Waals surface area (Å²) in [6.07, 6.45) is 3.63. The Morgan fingerprint density at radius 3 is 1.95 bits per heavy atom. The normalized spacial score (nSPS) is 15.0. The topological polar surface area (TPSA) is 150 Å². The van der Waals surface area contributed by atoms with Gasteiger partial charge in [0.25, 0.3) is 0 Å². The lowest BCUT2D eigenvalue weighted by atomic mass is 9.89. The molecule has 2 N–H and O–H groups in total. The van der Waals surface area contributed by atoms with Crippen LogP contribution in [-0.2, 0) is 35.0 Å². The van der Waals surface area contributed by atoms with Crippen LogP contribution in [0.25, 0.3) is 0 Å². The number of carbonyl (C=O) groups is 4. The molecule has 0 amide bonds. The van der Waals surface area contributed by atoms with Gasteiger partial charge in [-0.3, -0.25) is 9.59 Å². The van der Waals surface area contributed by atoms with Crippen LogP contribution < -0.4 is 15.2 Å². The van der Waals surface area contributed by atoms with Crippen molar-refractivity contribution in [2.45, 2.75) is 98.1 Å². The minimum atomic E-state index is -1.05. The number of benzene rings is 1. The van der Waals surface area contributed by atoms with Gasteiger partial charge in [-0.05, 0) is 68.6 Å². The van der Waals surface area contributed by atoms with E-state index >= 15 is 0 Å². The number of hydrogen-bond acceptors (Lipinski definition) is 11. The highest BCUT2D eigenvalue weighted by Gasteiger charge is 2.25. The van der Waals surface area contributed by atoms with Gasteiger partial charge in [0, 0.05) is 0 Å². The minimum absolute atomic E-state index is 0.0347. The smallest absolute Gasteiger partial charge is 0.461 e. The van der Waals surface area contributed by atoms with Gasteiger partial charge < -0.3 is 34.2 Å². The first-order chi connectivity index (χ1) is 19.9. The predicted octanol–water partition coefficient (Wildman–Crippen LogP) is 5.73. The van der Waals surface area contributed by atoms with Crippen molar-refractivity contribution in [3.05, 3.63) is 23.8 Å². The van der Waals surface area contributed by atoms with E-state index in [0.29, 0.717) is 30.2 Å². The quantitative estimate of drug-likeness (QED) is 0.151. The third kappa shape index (κ3) is 13.5. The van der Waals surface area contributed by atoms with Gasteiger partial charge in [0.05, 0.1) is 19.1 Å². The zero-order valence-corrected chi connectivity index (χ0v) is 25.6. The number of hydrogen-bond donors (Lipinski definition) is 1. The van der Waals surface area contributed by atoms with E-state index in [4.69, 9.17) is 34.2 Å². The van der Waals surface area contributed by atoms with Gasteiger partial charge >= 0.3 is 24.2 Å². The highest BCUT2D eigenvalue weighted by molar-refractivity contribution is 5.76. The summed E-state index contributed by atoms with van der Waals surface area (Å²) in [5, 5.41) is 0. The number of rotatable bonds is 15. The zero-order valence-electron chi connectivity index (χ0n) is 25.6. The maximum absolute atomic E-state index is 12.6. The van der Waals surface area contributed by atoms with Crippen LogP contribution in [0.5, 0.6) is 11.5 Å². The highest BCUT2D eigenvalue weighted by atomic mass is 16.7. The molecular formula is C31H47NO10. The fourth-order valence-electron chi connectivity index (χ4n) is 4.15. The Labute approximate surface area is 248 Å². The second-order valence-electron chi connectivity index (χ2n) is 11.6. The molecule has 0 saturated heterocycles. The van der Waals surface area contributed by atoms with Crippen LogP contribution in [0, 0.1) is 17.8 Å². The molecule has 1 saturated carbocycles. The average molecular weight is 594 g/mol. The van der Waals surface area contributed by atoms with E-state index in [9.17, 15) is 19.2 Å². The average Bonchev–Trinajstić information content (AvgIpc) is 2.93. The Balaban J connectivity index is 1.97. The Morgan fingerprint density at radius 2 is 1.38 bits per heavy atom. The fourth-order valence-corrected chi connectivity index (χ4v) is 4.15. The highest BCUT2D eigenvalue weighted by Crippen LogP contribution is 2.30. The number of ether oxygens (including phenoxy) is 6. The molecule has 0 aliphatic heterocycles. The maximum atomic E-state index is 12.6. The van der Waals surface area contributed by atoms with Crippen LogP contribution in [0.1, 0.15) is 85.1 Å². The van der Waals surface area contributed by atoms with Gasteiger partial charge in [0.2, 0.25) is 0 Å². The van der Waals surface area contributed by atoms with Crippen LogP contribution in [0.2, 0.25) is 0 Å².